The standard InChI is InChI=1S/C17H13ClO3/c18-14-8-6-13(7-9-14)17(21)11-15(19)10-16(20)12-4-2-1-3-5-12/h1-9H,10-11H2. The molecule has 0 N–H and O–H groups in total. The molecule has 3 nitrogen and oxygen atoms in total. The Balaban J connectivity index is 1.94. The zero-order chi connectivity index (χ0) is 15.2. The Labute approximate surface area is 127 Å². The van der Waals surface area contributed by atoms with Crippen LogP contribution in [0.4, 0.5) is 0 Å². The Kier molecular flexibility index (Phi) is 5.01. The van der Waals surface area contributed by atoms with E-state index in [1.165, 1.54) is 0 Å². The van der Waals surface area contributed by atoms with E-state index in [1.54, 1.807) is 54.6 Å². The maximum atomic E-state index is 11.9. The van der Waals surface area contributed by atoms with Crippen LogP contribution in [-0.4, -0.2) is 17.3 Å². The number of Topliss-reactive ketones (excluding diaryl/α,β-unsaturated/α-hetero) is 3. The average Bonchev–Trinajstić information content (AvgIpc) is 2.48. The number of ketones is 3. The van der Waals surface area contributed by atoms with Crippen LogP contribution in [0.5, 0.6) is 0 Å². The second-order valence-corrected chi connectivity index (χ2v) is 5.05. The van der Waals surface area contributed by atoms with E-state index in [4.69, 9.17) is 11.6 Å². The lowest BCUT2D eigenvalue weighted by Crippen LogP contribution is -2.13. The molecular weight excluding hydrogens is 288 g/mol. The van der Waals surface area contributed by atoms with Gasteiger partial charge in [-0.25, -0.2) is 0 Å². The van der Waals surface area contributed by atoms with Crippen LogP contribution in [0, 0.1) is 0 Å². The van der Waals surface area contributed by atoms with E-state index in [0.717, 1.165) is 0 Å². The normalized spacial score (nSPS) is 10.1. The van der Waals surface area contributed by atoms with Crippen LogP contribution in [0.15, 0.2) is 54.6 Å². The van der Waals surface area contributed by atoms with Gasteiger partial charge < -0.3 is 0 Å². The van der Waals surface area contributed by atoms with Crippen LogP contribution in [0.3, 0.4) is 0 Å². The minimum absolute atomic E-state index is 0.261. The quantitative estimate of drug-likeness (QED) is 0.603. The first-order chi connectivity index (χ1) is 10.1. The largest absolute Gasteiger partial charge is 0.299 e. The van der Waals surface area contributed by atoms with Crippen LogP contribution in [0.25, 0.3) is 0 Å². The van der Waals surface area contributed by atoms with Gasteiger partial charge in [0.25, 0.3) is 0 Å². The van der Waals surface area contributed by atoms with Crippen molar-refractivity contribution in [3.05, 3.63) is 70.7 Å². The van der Waals surface area contributed by atoms with E-state index in [0.29, 0.717) is 16.1 Å². The van der Waals surface area contributed by atoms with Crippen LogP contribution >= 0.6 is 11.6 Å². The van der Waals surface area contributed by atoms with Gasteiger partial charge in [-0.2, -0.15) is 0 Å². The SMILES string of the molecule is O=C(CC(=O)c1ccccc1)CC(=O)c1ccc(Cl)cc1. The minimum atomic E-state index is -0.385. The fraction of sp³-hybridized carbons (Fsp3) is 0.118. The Bertz CT molecular complexity index is 660. The highest BCUT2D eigenvalue weighted by Crippen LogP contribution is 2.12. The highest BCUT2D eigenvalue weighted by atomic mass is 35.5. The second-order valence-electron chi connectivity index (χ2n) is 4.61. The fourth-order valence-corrected chi connectivity index (χ4v) is 2.01. The van der Waals surface area contributed by atoms with Gasteiger partial charge in [0.2, 0.25) is 0 Å². The number of benzene rings is 2. The van der Waals surface area contributed by atoms with Crippen molar-refractivity contribution in [3.8, 4) is 0 Å². The third kappa shape index (κ3) is 4.36. The molecule has 0 amide bonds. The third-order valence-electron chi connectivity index (χ3n) is 2.98. The molecule has 0 saturated heterocycles. The summed E-state index contributed by atoms with van der Waals surface area (Å²) in [5.41, 5.74) is 0.893. The highest BCUT2D eigenvalue weighted by molar-refractivity contribution is 6.30. The molecule has 0 fully saturated rings. The van der Waals surface area contributed by atoms with Crippen molar-refractivity contribution in [2.24, 2.45) is 0 Å². The molecule has 0 heterocycles. The van der Waals surface area contributed by atoms with Gasteiger partial charge in [0.15, 0.2) is 11.6 Å². The first kappa shape index (κ1) is 15.1. The van der Waals surface area contributed by atoms with Gasteiger partial charge in [0.05, 0.1) is 12.8 Å². The maximum Gasteiger partial charge on any atom is 0.170 e. The molecule has 0 atom stereocenters. The lowest BCUT2D eigenvalue weighted by Gasteiger charge is -2.02. The molecule has 4 heteroatoms. The van der Waals surface area contributed by atoms with E-state index in [1.807, 2.05) is 0 Å². The number of halogens is 1. The number of hydrogen-bond donors (Lipinski definition) is 0. The lowest BCUT2D eigenvalue weighted by atomic mass is 10.0. The molecule has 0 aliphatic heterocycles. The predicted octanol–water partition coefficient (Wildman–Crippen LogP) is 3.75. The van der Waals surface area contributed by atoms with E-state index in [-0.39, 0.29) is 30.2 Å². The molecule has 21 heavy (non-hydrogen) atoms. The monoisotopic (exact) mass is 300 g/mol. The first-order valence-electron chi connectivity index (χ1n) is 6.45. The van der Waals surface area contributed by atoms with E-state index in [2.05, 4.69) is 0 Å². The lowest BCUT2D eigenvalue weighted by molar-refractivity contribution is -0.117. The molecule has 0 spiro atoms. The van der Waals surface area contributed by atoms with Gasteiger partial charge in [0, 0.05) is 16.1 Å². The zero-order valence-corrected chi connectivity index (χ0v) is 12.0. The van der Waals surface area contributed by atoms with Crippen molar-refractivity contribution in [1.82, 2.24) is 0 Å². The van der Waals surface area contributed by atoms with E-state index >= 15 is 0 Å². The summed E-state index contributed by atoms with van der Waals surface area (Å²) in [7, 11) is 0. The molecule has 0 aliphatic rings. The zero-order valence-electron chi connectivity index (χ0n) is 11.2. The van der Waals surface area contributed by atoms with Gasteiger partial charge in [0.1, 0.15) is 5.78 Å². The second kappa shape index (κ2) is 6.95. The number of carbonyl (C=O) groups is 3. The van der Waals surface area contributed by atoms with Gasteiger partial charge >= 0.3 is 0 Å². The summed E-state index contributed by atoms with van der Waals surface area (Å²) in [4.78, 5) is 35.6. The van der Waals surface area contributed by atoms with Crippen molar-refractivity contribution in [2.45, 2.75) is 12.8 Å². The van der Waals surface area contributed by atoms with Gasteiger partial charge in [-0.15, -0.1) is 0 Å². The van der Waals surface area contributed by atoms with Gasteiger partial charge in [-0.3, -0.25) is 14.4 Å². The summed E-state index contributed by atoms with van der Waals surface area (Å²) in [5, 5.41) is 0.525. The number of rotatable bonds is 6. The van der Waals surface area contributed by atoms with Gasteiger partial charge in [-0.05, 0) is 24.3 Å². The summed E-state index contributed by atoms with van der Waals surface area (Å²) >= 11 is 5.74. The number of carbonyl (C=O) groups excluding carboxylic acids is 3. The molecule has 0 radical (unpaired) electrons. The molecule has 2 aromatic rings. The summed E-state index contributed by atoms with van der Waals surface area (Å²) < 4.78 is 0. The molecule has 2 aromatic carbocycles. The van der Waals surface area contributed by atoms with Crippen LogP contribution in [-0.2, 0) is 4.79 Å². The smallest absolute Gasteiger partial charge is 0.170 e. The molecule has 0 bridgehead atoms. The average molecular weight is 301 g/mol. The topological polar surface area (TPSA) is 51.2 Å². The fourth-order valence-electron chi connectivity index (χ4n) is 1.88. The van der Waals surface area contributed by atoms with Crippen LogP contribution in [0.1, 0.15) is 33.6 Å². The third-order valence-corrected chi connectivity index (χ3v) is 3.23. The highest BCUT2D eigenvalue weighted by Gasteiger charge is 2.16. The van der Waals surface area contributed by atoms with Crippen molar-refractivity contribution in [1.29, 1.82) is 0 Å². The molecule has 0 unspecified atom stereocenters. The molecule has 0 saturated carbocycles. The Morgan fingerprint density at radius 3 is 1.71 bits per heavy atom. The Morgan fingerprint density at radius 2 is 1.19 bits per heavy atom. The van der Waals surface area contributed by atoms with E-state index < -0.39 is 0 Å². The van der Waals surface area contributed by atoms with E-state index in [9.17, 15) is 14.4 Å². The number of hydrogen-bond acceptors (Lipinski definition) is 3. The summed E-state index contributed by atoms with van der Waals surface area (Å²) in [5.74, 6) is -0.967. The summed E-state index contributed by atoms with van der Waals surface area (Å²) in [6.07, 6.45) is -0.538. The van der Waals surface area contributed by atoms with Crippen molar-refractivity contribution in [2.75, 3.05) is 0 Å². The van der Waals surface area contributed by atoms with Crippen molar-refractivity contribution >= 4 is 29.0 Å². The molecule has 0 aliphatic carbocycles. The predicted molar refractivity (Wildman–Crippen MR) is 80.8 cm³/mol. The van der Waals surface area contributed by atoms with Gasteiger partial charge in [-0.1, -0.05) is 41.9 Å². The summed E-state index contributed by atoms with van der Waals surface area (Å²) in [6, 6.07) is 14.9. The minimum Gasteiger partial charge on any atom is -0.299 e. The van der Waals surface area contributed by atoms with Crippen LogP contribution in [0.2, 0.25) is 5.02 Å². The first-order valence-corrected chi connectivity index (χ1v) is 6.83. The molecular formula is C17H13ClO3. The van der Waals surface area contributed by atoms with Crippen molar-refractivity contribution < 1.29 is 14.4 Å². The molecule has 0 aromatic heterocycles. The molecule has 106 valence electrons. The maximum absolute atomic E-state index is 11.9. The molecule has 2 rings (SSSR count). The Hall–Kier alpha value is -2.26. The van der Waals surface area contributed by atoms with Crippen LogP contribution < -0.4 is 0 Å². The van der Waals surface area contributed by atoms with Crippen molar-refractivity contribution in [3.63, 3.8) is 0 Å². The Morgan fingerprint density at radius 1 is 0.714 bits per heavy atom. The summed E-state index contributed by atoms with van der Waals surface area (Å²) in [6.45, 7) is 0.